The maximum Gasteiger partial charge on any atom is 0.353 e. The average molecular weight is 409 g/mol. The SMILES string of the molecule is Cc1cc2nn(CC(=O)NCCC(C)C)c(=O)n2c(N2CCc3ccccc3C2)n1. The molecule has 3 aromatic rings. The lowest BCUT2D eigenvalue weighted by molar-refractivity contribution is -0.121. The molecule has 0 radical (unpaired) electrons. The van der Waals surface area contributed by atoms with E-state index in [4.69, 9.17) is 0 Å². The van der Waals surface area contributed by atoms with Crippen molar-refractivity contribution in [2.24, 2.45) is 5.92 Å². The van der Waals surface area contributed by atoms with Crippen molar-refractivity contribution < 1.29 is 4.79 Å². The van der Waals surface area contributed by atoms with E-state index in [1.807, 2.05) is 13.0 Å². The van der Waals surface area contributed by atoms with Crippen LogP contribution in [-0.2, 0) is 24.3 Å². The highest BCUT2D eigenvalue weighted by atomic mass is 16.2. The molecule has 1 N–H and O–H groups in total. The Morgan fingerprint density at radius 2 is 2.00 bits per heavy atom. The fraction of sp³-hybridized carbons (Fsp3) is 0.455. The van der Waals surface area contributed by atoms with Crippen molar-refractivity contribution in [1.82, 2.24) is 24.5 Å². The van der Waals surface area contributed by atoms with Crippen molar-refractivity contribution in [3.8, 4) is 0 Å². The Kier molecular flexibility index (Phi) is 5.57. The van der Waals surface area contributed by atoms with Crippen molar-refractivity contribution in [2.45, 2.75) is 46.7 Å². The van der Waals surface area contributed by atoms with Crippen LogP contribution in [0.5, 0.6) is 0 Å². The molecular formula is C22H28N6O2. The predicted octanol–water partition coefficient (Wildman–Crippen LogP) is 1.92. The monoisotopic (exact) mass is 408 g/mol. The Hall–Kier alpha value is -3.16. The van der Waals surface area contributed by atoms with Gasteiger partial charge >= 0.3 is 5.69 Å². The summed E-state index contributed by atoms with van der Waals surface area (Å²) in [7, 11) is 0. The Bertz CT molecular complexity index is 1130. The number of fused-ring (bicyclic) bond motifs is 2. The second-order valence-electron chi connectivity index (χ2n) is 8.30. The van der Waals surface area contributed by atoms with Gasteiger partial charge in [0.25, 0.3) is 0 Å². The predicted molar refractivity (Wildman–Crippen MR) is 116 cm³/mol. The van der Waals surface area contributed by atoms with Crippen LogP contribution in [0.3, 0.4) is 0 Å². The number of aromatic nitrogens is 4. The minimum absolute atomic E-state index is 0.0973. The zero-order valence-electron chi connectivity index (χ0n) is 17.8. The van der Waals surface area contributed by atoms with Gasteiger partial charge in [-0.1, -0.05) is 38.1 Å². The fourth-order valence-corrected chi connectivity index (χ4v) is 3.81. The Morgan fingerprint density at radius 3 is 2.77 bits per heavy atom. The van der Waals surface area contributed by atoms with Crippen LogP contribution in [0.25, 0.3) is 5.65 Å². The molecule has 0 fully saturated rings. The van der Waals surface area contributed by atoms with E-state index in [1.54, 1.807) is 6.07 Å². The van der Waals surface area contributed by atoms with Crippen LogP contribution in [0.2, 0.25) is 0 Å². The molecule has 0 bridgehead atoms. The molecule has 1 amide bonds. The third-order valence-corrected chi connectivity index (χ3v) is 5.43. The van der Waals surface area contributed by atoms with Gasteiger partial charge in [0.15, 0.2) is 5.65 Å². The highest BCUT2D eigenvalue weighted by molar-refractivity contribution is 5.75. The largest absolute Gasteiger partial charge is 0.354 e. The van der Waals surface area contributed by atoms with Gasteiger partial charge in [-0.3, -0.25) is 4.79 Å². The highest BCUT2D eigenvalue weighted by Gasteiger charge is 2.22. The van der Waals surface area contributed by atoms with E-state index >= 15 is 0 Å². The minimum Gasteiger partial charge on any atom is -0.354 e. The maximum absolute atomic E-state index is 13.1. The summed E-state index contributed by atoms with van der Waals surface area (Å²) in [4.78, 5) is 32.1. The molecular weight excluding hydrogens is 380 g/mol. The summed E-state index contributed by atoms with van der Waals surface area (Å²) in [6.45, 7) is 8.06. The lowest BCUT2D eigenvalue weighted by Gasteiger charge is -2.29. The number of carbonyl (C=O) groups is 1. The van der Waals surface area contributed by atoms with Crippen LogP contribution >= 0.6 is 0 Å². The molecule has 0 saturated carbocycles. The van der Waals surface area contributed by atoms with Crippen LogP contribution in [-0.4, -0.2) is 38.2 Å². The molecule has 0 atom stereocenters. The van der Waals surface area contributed by atoms with Gasteiger partial charge in [-0.25, -0.2) is 18.9 Å². The number of hydrogen-bond donors (Lipinski definition) is 1. The molecule has 2 aromatic heterocycles. The first-order valence-corrected chi connectivity index (χ1v) is 10.5. The van der Waals surface area contributed by atoms with Crippen LogP contribution in [0.15, 0.2) is 35.1 Å². The van der Waals surface area contributed by atoms with Gasteiger partial charge in [-0.05, 0) is 36.8 Å². The molecule has 1 aliphatic heterocycles. The van der Waals surface area contributed by atoms with Gasteiger partial charge < -0.3 is 10.2 Å². The first-order chi connectivity index (χ1) is 14.4. The van der Waals surface area contributed by atoms with Crippen molar-refractivity contribution in [2.75, 3.05) is 18.0 Å². The number of hydrogen-bond acceptors (Lipinski definition) is 5. The number of amides is 1. The second kappa shape index (κ2) is 8.30. The van der Waals surface area contributed by atoms with E-state index in [0.717, 1.165) is 25.1 Å². The summed E-state index contributed by atoms with van der Waals surface area (Å²) >= 11 is 0. The van der Waals surface area contributed by atoms with Crippen LogP contribution in [0, 0.1) is 12.8 Å². The first-order valence-electron chi connectivity index (χ1n) is 10.5. The number of rotatable bonds is 6. The van der Waals surface area contributed by atoms with E-state index in [-0.39, 0.29) is 18.1 Å². The molecule has 30 heavy (non-hydrogen) atoms. The molecule has 158 valence electrons. The van der Waals surface area contributed by atoms with Crippen molar-refractivity contribution in [3.05, 3.63) is 57.6 Å². The Morgan fingerprint density at radius 1 is 1.23 bits per heavy atom. The van der Waals surface area contributed by atoms with Gasteiger partial charge in [0.1, 0.15) is 6.54 Å². The molecule has 8 nitrogen and oxygen atoms in total. The summed E-state index contributed by atoms with van der Waals surface area (Å²) in [6, 6.07) is 10.1. The van der Waals surface area contributed by atoms with Gasteiger partial charge in [-0.2, -0.15) is 0 Å². The molecule has 3 heterocycles. The van der Waals surface area contributed by atoms with E-state index in [0.29, 0.717) is 30.6 Å². The standard InChI is InChI=1S/C22H28N6O2/c1-15(2)8-10-23-20(29)14-27-22(30)28-19(25-27)12-16(3)24-21(28)26-11-9-17-6-4-5-7-18(17)13-26/h4-7,12,15H,8-11,13-14H2,1-3H3,(H,23,29). The van der Waals surface area contributed by atoms with Gasteiger partial charge in [0.2, 0.25) is 11.9 Å². The summed E-state index contributed by atoms with van der Waals surface area (Å²) in [5, 5.41) is 7.26. The molecule has 8 heteroatoms. The third kappa shape index (κ3) is 4.08. The molecule has 0 saturated heterocycles. The number of anilines is 1. The maximum atomic E-state index is 13.1. The smallest absolute Gasteiger partial charge is 0.353 e. The average Bonchev–Trinajstić information content (AvgIpc) is 3.01. The molecule has 1 aromatic carbocycles. The van der Waals surface area contributed by atoms with Crippen LogP contribution in [0.4, 0.5) is 5.95 Å². The lowest BCUT2D eigenvalue weighted by Crippen LogP contribution is -2.36. The summed E-state index contributed by atoms with van der Waals surface area (Å²) in [5.74, 6) is 0.879. The number of nitrogens with one attached hydrogen (secondary N) is 1. The first kappa shape index (κ1) is 20.1. The fourth-order valence-electron chi connectivity index (χ4n) is 3.81. The molecule has 0 spiro atoms. The molecule has 0 aliphatic carbocycles. The van der Waals surface area contributed by atoms with Gasteiger partial charge in [-0.15, -0.1) is 5.10 Å². The number of benzene rings is 1. The van der Waals surface area contributed by atoms with Gasteiger partial charge in [0.05, 0.1) is 0 Å². The number of aryl methyl sites for hydroxylation is 1. The van der Waals surface area contributed by atoms with E-state index < -0.39 is 0 Å². The van der Waals surface area contributed by atoms with Crippen LogP contribution < -0.4 is 15.9 Å². The lowest BCUT2D eigenvalue weighted by atomic mass is 10.0. The second-order valence-corrected chi connectivity index (χ2v) is 8.30. The Balaban J connectivity index is 1.62. The van der Waals surface area contributed by atoms with E-state index in [9.17, 15) is 9.59 Å². The molecule has 4 rings (SSSR count). The van der Waals surface area contributed by atoms with Crippen molar-refractivity contribution in [3.63, 3.8) is 0 Å². The topological polar surface area (TPSA) is 84.5 Å². The van der Waals surface area contributed by atoms with E-state index in [1.165, 1.54) is 20.2 Å². The van der Waals surface area contributed by atoms with Crippen molar-refractivity contribution in [1.29, 1.82) is 0 Å². The van der Waals surface area contributed by atoms with Crippen molar-refractivity contribution >= 4 is 17.5 Å². The molecule has 1 aliphatic rings. The summed E-state index contributed by atoms with van der Waals surface area (Å²) in [6.07, 6.45) is 1.80. The minimum atomic E-state index is -0.342. The number of nitrogens with zero attached hydrogens (tertiary/aromatic N) is 5. The molecule has 0 unspecified atom stereocenters. The zero-order chi connectivity index (χ0) is 21.3. The zero-order valence-corrected chi connectivity index (χ0v) is 17.8. The van der Waals surface area contributed by atoms with Crippen LogP contribution in [0.1, 0.15) is 37.1 Å². The Labute approximate surface area is 175 Å². The van der Waals surface area contributed by atoms with E-state index in [2.05, 4.69) is 52.3 Å². The summed E-state index contributed by atoms with van der Waals surface area (Å²) < 4.78 is 2.74. The summed E-state index contributed by atoms with van der Waals surface area (Å²) in [5.41, 5.74) is 3.53. The quantitative estimate of drug-likeness (QED) is 0.674. The van der Waals surface area contributed by atoms with Gasteiger partial charge in [0, 0.05) is 31.4 Å². The number of carbonyl (C=O) groups excluding carboxylic acids is 1. The third-order valence-electron chi connectivity index (χ3n) is 5.43. The normalized spacial score (nSPS) is 13.7. The highest BCUT2D eigenvalue weighted by Crippen LogP contribution is 2.23.